The van der Waals surface area contributed by atoms with E-state index in [-0.39, 0.29) is 12.3 Å². The predicted molar refractivity (Wildman–Crippen MR) is 92.0 cm³/mol. The highest BCUT2D eigenvalue weighted by atomic mass is 16.6. The molecule has 0 amide bonds. The second-order valence-corrected chi connectivity index (χ2v) is 5.53. The monoisotopic (exact) mass is 330 g/mol. The van der Waals surface area contributed by atoms with Crippen LogP contribution < -0.4 is 4.74 Å². The molecule has 0 saturated carbocycles. The Morgan fingerprint density at radius 1 is 1.21 bits per heavy atom. The molecule has 6 heteroatoms. The second kappa shape index (κ2) is 9.00. The van der Waals surface area contributed by atoms with Crippen molar-refractivity contribution in [3.05, 3.63) is 70.3 Å². The normalized spacial score (nSPS) is 12.1. The SMILES string of the molecule is CCN(Cc1ccccc1)CC(O)COc1cccc([N+](=O)[O-])c1. The van der Waals surface area contributed by atoms with E-state index in [9.17, 15) is 15.2 Å². The summed E-state index contributed by atoms with van der Waals surface area (Å²) in [6, 6.07) is 16.0. The highest BCUT2D eigenvalue weighted by Crippen LogP contribution is 2.19. The van der Waals surface area contributed by atoms with Crippen LogP contribution in [0.5, 0.6) is 5.75 Å². The van der Waals surface area contributed by atoms with Gasteiger partial charge in [-0.2, -0.15) is 0 Å². The summed E-state index contributed by atoms with van der Waals surface area (Å²) in [6.45, 7) is 4.16. The molecule has 0 radical (unpaired) electrons. The molecule has 0 aliphatic carbocycles. The van der Waals surface area contributed by atoms with Gasteiger partial charge < -0.3 is 9.84 Å². The van der Waals surface area contributed by atoms with Crippen LogP contribution in [0.2, 0.25) is 0 Å². The van der Waals surface area contributed by atoms with Crippen LogP contribution in [-0.4, -0.2) is 40.7 Å². The lowest BCUT2D eigenvalue weighted by atomic mass is 10.2. The van der Waals surface area contributed by atoms with E-state index >= 15 is 0 Å². The molecule has 2 rings (SSSR count). The van der Waals surface area contributed by atoms with E-state index in [1.165, 1.54) is 17.7 Å². The predicted octanol–water partition coefficient (Wildman–Crippen LogP) is 2.86. The molecule has 0 bridgehead atoms. The maximum atomic E-state index is 10.7. The molecule has 1 unspecified atom stereocenters. The van der Waals surface area contributed by atoms with Crippen molar-refractivity contribution in [3.63, 3.8) is 0 Å². The number of nitrogens with zero attached hydrogens (tertiary/aromatic N) is 2. The van der Waals surface area contributed by atoms with Gasteiger partial charge in [0.2, 0.25) is 0 Å². The number of non-ortho nitro benzene ring substituents is 1. The Morgan fingerprint density at radius 2 is 1.96 bits per heavy atom. The molecule has 1 N–H and O–H groups in total. The Bertz CT molecular complexity index is 648. The van der Waals surface area contributed by atoms with Crippen LogP contribution in [0, 0.1) is 10.1 Å². The number of likely N-dealkylation sites (N-methyl/N-ethyl adjacent to an activating group) is 1. The van der Waals surface area contributed by atoms with Gasteiger partial charge in [0.25, 0.3) is 5.69 Å². The van der Waals surface area contributed by atoms with Crippen LogP contribution in [0.3, 0.4) is 0 Å². The fourth-order valence-electron chi connectivity index (χ4n) is 2.38. The van der Waals surface area contributed by atoms with Gasteiger partial charge >= 0.3 is 0 Å². The molecule has 0 spiro atoms. The summed E-state index contributed by atoms with van der Waals surface area (Å²) in [5.41, 5.74) is 1.16. The molecule has 0 heterocycles. The maximum Gasteiger partial charge on any atom is 0.273 e. The van der Waals surface area contributed by atoms with Crippen LogP contribution in [0.4, 0.5) is 5.69 Å². The summed E-state index contributed by atoms with van der Waals surface area (Å²) in [4.78, 5) is 12.4. The lowest BCUT2D eigenvalue weighted by Gasteiger charge is -2.23. The summed E-state index contributed by atoms with van der Waals surface area (Å²) in [6.07, 6.45) is -0.673. The average Bonchev–Trinajstić information content (AvgIpc) is 2.60. The molecule has 0 aliphatic heterocycles. The fourth-order valence-corrected chi connectivity index (χ4v) is 2.38. The first-order valence-electron chi connectivity index (χ1n) is 7.90. The van der Waals surface area contributed by atoms with Crippen LogP contribution >= 0.6 is 0 Å². The zero-order valence-electron chi connectivity index (χ0n) is 13.7. The van der Waals surface area contributed by atoms with Crippen molar-refractivity contribution in [2.24, 2.45) is 0 Å². The van der Waals surface area contributed by atoms with Crippen molar-refractivity contribution in [1.82, 2.24) is 4.90 Å². The molecule has 0 saturated heterocycles. The largest absolute Gasteiger partial charge is 0.491 e. The van der Waals surface area contributed by atoms with Crippen LogP contribution in [0.1, 0.15) is 12.5 Å². The van der Waals surface area contributed by atoms with Crippen molar-refractivity contribution >= 4 is 5.69 Å². The van der Waals surface area contributed by atoms with Gasteiger partial charge in [0.15, 0.2) is 0 Å². The Hall–Kier alpha value is -2.44. The number of rotatable bonds is 9. The van der Waals surface area contributed by atoms with E-state index in [0.717, 1.165) is 13.1 Å². The quantitative estimate of drug-likeness (QED) is 0.565. The summed E-state index contributed by atoms with van der Waals surface area (Å²) >= 11 is 0. The summed E-state index contributed by atoms with van der Waals surface area (Å²) < 4.78 is 5.47. The summed E-state index contributed by atoms with van der Waals surface area (Å²) in [5, 5.41) is 20.9. The minimum atomic E-state index is -0.673. The molecule has 0 fully saturated rings. The van der Waals surface area contributed by atoms with Gasteiger partial charge in [0.1, 0.15) is 18.5 Å². The van der Waals surface area contributed by atoms with E-state index in [4.69, 9.17) is 4.74 Å². The third kappa shape index (κ3) is 5.64. The Labute approximate surface area is 141 Å². The third-order valence-corrected chi connectivity index (χ3v) is 3.64. The zero-order valence-corrected chi connectivity index (χ0v) is 13.7. The zero-order chi connectivity index (χ0) is 17.4. The number of aliphatic hydroxyl groups excluding tert-OH is 1. The van der Waals surface area contributed by atoms with Crippen molar-refractivity contribution in [2.75, 3.05) is 19.7 Å². The molecule has 2 aromatic carbocycles. The van der Waals surface area contributed by atoms with Crippen LogP contribution in [-0.2, 0) is 6.54 Å². The highest BCUT2D eigenvalue weighted by Gasteiger charge is 2.13. The minimum Gasteiger partial charge on any atom is -0.491 e. The average molecular weight is 330 g/mol. The molecule has 0 aromatic heterocycles. The van der Waals surface area contributed by atoms with Crippen LogP contribution in [0.25, 0.3) is 0 Å². The van der Waals surface area contributed by atoms with Gasteiger partial charge in [-0.15, -0.1) is 0 Å². The molecular weight excluding hydrogens is 308 g/mol. The van der Waals surface area contributed by atoms with Gasteiger partial charge in [-0.1, -0.05) is 43.3 Å². The number of benzene rings is 2. The lowest BCUT2D eigenvalue weighted by Crippen LogP contribution is -2.35. The number of aliphatic hydroxyl groups is 1. The minimum absolute atomic E-state index is 0.0266. The highest BCUT2D eigenvalue weighted by molar-refractivity contribution is 5.37. The number of nitro groups is 1. The molecular formula is C18H22N2O4. The lowest BCUT2D eigenvalue weighted by molar-refractivity contribution is -0.384. The molecule has 1 atom stereocenters. The number of hydrogen-bond donors (Lipinski definition) is 1. The van der Waals surface area contributed by atoms with E-state index in [1.807, 2.05) is 25.1 Å². The first-order chi connectivity index (χ1) is 11.6. The van der Waals surface area contributed by atoms with Gasteiger partial charge in [-0.25, -0.2) is 0 Å². The van der Waals surface area contributed by atoms with Gasteiger partial charge in [0, 0.05) is 19.2 Å². The van der Waals surface area contributed by atoms with Crippen molar-refractivity contribution in [1.29, 1.82) is 0 Å². The van der Waals surface area contributed by atoms with Gasteiger partial charge in [0.05, 0.1) is 11.0 Å². The Kier molecular flexibility index (Phi) is 6.72. The van der Waals surface area contributed by atoms with Crippen molar-refractivity contribution < 1.29 is 14.8 Å². The van der Waals surface area contributed by atoms with Crippen LogP contribution in [0.15, 0.2) is 54.6 Å². The maximum absolute atomic E-state index is 10.7. The smallest absolute Gasteiger partial charge is 0.273 e. The van der Waals surface area contributed by atoms with E-state index in [2.05, 4.69) is 17.0 Å². The van der Waals surface area contributed by atoms with Gasteiger partial charge in [-0.05, 0) is 18.2 Å². The summed E-state index contributed by atoms with van der Waals surface area (Å²) in [5.74, 6) is 0.384. The molecule has 128 valence electrons. The molecule has 6 nitrogen and oxygen atoms in total. The Morgan fingerprint density at radius 3 is 2.62 bits per heavy atom. The van der Waals surface area contributed by atoms with E-state index in [1.54, 1.807) is 12.1 Å². The molecule has 0 aliphatic rings. The first-order valence-corrected chi connectivity index (χ1v) is 7.90. The third-order valence-electron chi connectivity index (χ3n) is 3.64. The van der Waals surface area contributed by atoms with Crippen molar-refractivity contribution in [2.45, 2.75) is 19.6 Å². The second-order valence-electron chi connectivity index (χ2n) is 5.53. The first kappa shape index (κ1) is 17.9. The number of hydrogen-bond acceptors (Lipinski definition) is 5. The van der Waals surface area contributed by atoms with Gasteiger partial charge in [-0.3, -0.25) is 15.0 Å². The summed E-state index contributed by atoms with van der Waals surface area (Å²) in [7, 11) is 0. The Balaban J connectivity index is 1.84. The molecule has 24 heavy (non-hydrogen) atoms. The number of ether oxygens (including phenoxy) is 1. The van der Waals surface area contributed by atoms with E-state index < -0.39 is 11.0 Å². The fraction of sp³-hybridized carbons (Fsp3) is 0.333. The topological polar surface area (TPSA) is 75.8 Å². The van der Waals surface area contributed by atoms with E-state index in [0.29, 0.717) is 12.3 Å². The standard InChI is InChI=1S/C18H22N2O4/c1-2-19(12-15-7-4-3-5-8-15)13-17(21)14-24-18-10-6-9-16(11-18)20(22)23/h3-11,17,21H,2,12-14H2,1H3. The number of nitro benzene ring substituents is 1. The molecule has 2 aromatic rings. The van der Waals surface area contributed by atoms with Crippen molar-refractivity contribution in [3.8, 4) is 5.75 Å².